The molecular formula is C14H13F3N4O3. The third-order valence-electron chi connectivity index (χ3n) is 3.04. The molecule has 0 aromatic carbocycles. The number of carbonyl (C=O) groups excluding carboxylic acids is 2. The predicted molar refractivity (Wildman–Crippen MR) is 77.0 cm³/mol. The van der Waals surface area contributed by atoms with Gasteiger partial charge in [0.05, 0.1) is 18.1 Å². The van der Waals surface area contributed by atoms with Crippen LogP contribution in [-0.4, -0.2) is 40.3 Å². The van der Waals surface area contributed by atoms with Gasteiger partial charge in [0.15, 0.2) is 11.3 Å². The molecule has 0 fully saturated rings. The van der Waals surface area contributed by atoms with Crippen molar-refractivity contribution >= 4 is 22.9 Å². The number of carbonyl (C=O) groups is 2. The van der Waals surface area contributed by atoms with E-state index in [2.05, 4.69) is 20.1 Å². The summed E-state index contributed by atoms with van der Waals surface area (Å²) >= 11 is 0. The van der Waals surface area contributed by atoms with Crippen LogP contribution in [0.5, 0.6) is 0 Å². The Bertz CT molecular complexity index is 811. The number of alkyl halides is 3. The van der Waals surface area contributed by atoms with Crippen molar-refractivity contribution < 1.29 is 27.5 Å². The van der Waals surface area contributed by atoms with E-state index in [1.807, 2.05) is 0 Å². The van der Waals surface area contributed by atoms with Gasteiger partial charge in [0.2, 0.25) is 0 Å². The van der Waals surface area contributed by atoms with Gasteiger partial charge in [-0.15, -0.1) is 0 Å². The lowest BCUT2D eigenvalue weighted by atomic mass is 10.2. The molecule has 0 spiro atoms. The molecule has 2 rings (SSSR count). The summed E-state index contributed by atoms with van der Waals surface area (Å²) in [6.07, 6.45) is -1.03. The summed E-state index contributed by atoms with van der Waals surface area (Å²) in [5, 5.41) is 5.57. The van der Waals surface area contributed by atoms with E-state index in [-0.39, 0.29) is 23.1 Å². The van der Waals surface area contributed by atoms with Gasteiger partial charge in [-0.25, -0.2) is 14.5 Å². The van der Waals surface area contributed by atoms with E-state index in [1.54, 1.807) is 0 Å². The van der Waals surface area contributed by atoms with Gasteiger partial charge < -0.3 is 10.1 Å². The maximum atomic E-state index is 13.0. The molecule has 2 aromatic heterocycles. The Hall–Kier alpha value is -2.91. The molecule has 2 aromatic rings. The van der Waals surface area contributed by atoms with Crippen molar-refractivity contribution in [1.82, 2.24) is 20.1 Å². The van der Waals surface area contributed by atoms with Crippen LogP contribution in [0.25, 0.3) is 11.0 Å². The van der Waals surface area contributed by atoms with Crippen LogP contribution in [0.2, 0.25) is 0 Å². The molecule has 0 aliphatic heterocycles. The number of nitrogens with one attached hydrogen (secondary N) is 1. The molecule has 0 aliphatic carbocycles. The fourth-order valence-corrected chi connectivity index (χ4v) is 1.95. The second-order valence-corrected chi connectivity index (χ2v) is 4.70. The lowest BCUT2D eigenvalue weighted by Crippen LogP contribution is -2.23. The van der Waals surface area contributed by atoms with E-state index < -0.39 is 23.7 Å². The summed E-state index contributed by atoms with van der Waals surface area (Å²) < 4.78 is 44.3. The van der Waals surface area contributed by atoms with Gasteiger partial charge >= 0.3 is 12.1 Å². The molecule has 1 amide bonds. The van der Waals surface area contributed by atoms with Gasteiger partial charge in [-0.2, -0.15) is 18.3 Å². The standard InChI is InChI=1S/C14H13F3N4O3/c1-21-12-9(11(20-21)14(15,16)17)6-8(7-19-12)13(23)18-5-3-4-10(22)24-2/h3-4,6-7H,5H2,1-2H3,(H,18,23)/b4-3+. The molecule has 0 saturated carbocycles. The smallest absolute Gasteiger partial charge is 0.435 e. The zero-order valence-electron chi connectivity index (χ0n) is 12.7. The number of aromatic nitrogens is 3. The van der Waals surface area contributed by atoms with Crippen molar-refractivity contribution in [3.8, 4) is 0 Å². The minimum absolute atomic E-state index is 0.00510. The van der Waals surface area contributed by atoms with Crippen LogP contribution in [0.1, 0.15) is 16.1 Å². The van der Waals surface area contributed by atoms with Crippen LogP contribution >= 0.6 is 0 Å². The Labute approximate surface area is 134 Å². The third-order valence-corrected chi connectivity index (χ3v) is 3.04. The highest BCUT2D eigenvalue weighted by molar-refractivity contribution is 5.97. The first kappa shape index (κ1) is 17.4. The Morgan fingerprint density at radius 3 is 2.75 bits per heavy atom. The van der Waals surface area contributed by atoms with Crippen LogP contribution in [0.15, 0.2) is 24.4 Å². The maximum Gasteiger partial charge on any atom is 0.435 e. The summed E-state index contributed by atoms with van der Waals surface area (Å²) in [6.45, 7) is 0.00510. The van der Waals surface area contributed by atoms with E-state index in [0.29, 0.717) is 0 Å². The van der Waals surface area contributed by atoms with Gasteiger partial charge in [0.25, 0.3) is 5.91 Å². The minimum atomic E-state index is -4.65. The molecule has 1 N–H and O–H groups in total. The molecule has 0 unspecified atom stereocenters. The number of pyridine rings is 1. The fourth-order valence-electron chi connectivity index (χ4n) is 1.95. The van der Waals surface area contributed by atoms with Crippen molar-refractivity contribution in [2.75, 3.05) is 13.7 Å². The monoisotopic (exact) mass is 342 g/mol. The zero-order chi connectivity index (χ0) is 17.9. The number of fused-ring (bicyclic) bond motifs is 1. The molecule has 10 heteroatoms. The molecule has 0 aliphatic rings. The Morgan fingerprint density at radius 1 is 1.42 bits per heavy atom. The van der Waals surface area contributed by atoms with E-state index in [1.165, 1.54) is 20.2 Å². The van der Waals surface area contributed by atoms with Crippen LogP contribution in [0.4, 0.5) is 13.2 Å². The van der Waals surface area contributed by atoms with Crippen molar-refractivity contribution in [1.29, 1.82) is 0 Å². The fraction of sp³-hybridized carbons (Fsp3) is 0.286. The first-order valence-corrected chi connectivity index (χ1v) is 6.66. The zero-order valence-corrected chi connectivity index (χ0v) is 12.7. The molecule has 128 valence electrons. The number of ether oxygens (including phenoxy) is 1. The number of amides is 1. The summed E-state index contributed by atoms with van der Waals surface area (Å²) in [5.74, 6) is -1.21. The summed E-state index contributed by atoms with van der Waals surface area (Å²) in [5.41, 5.74) is -1.13. The third kappa shape index (κ3) is 3.70. The molecule has 0 radical (unpaired) electrons. The highest BCUT2D eigenvalue weighted by Crippen LogP contribution is 2.33. The minimum Gasteiger partial charge on any atom is -0.466 e. The summed E-state index contributed by atoms with van der Waals surface area (Å²) in [4.78, 5) is 26.7. The lowest BCUT2D eigenvalue weighted by molar-refractivity contribution is -0.140. The molecule has 7 nitrogen and oxygen atoms in total. The molecular weight excluding hydrogens is 329 g/mol. The van der Waals surface area contributed by atoms with Crippen molar-refractivity contribution in [2.45, 2.75) is 6.18 Å². The van der Waals surface area contributed by atoms with E-state index in [9.17, 15) is 22.8 Å². The average molecular weight is 342 g/mol. The second-order valence-electron chi connectivity index (χ2n) is 4.70. The van der Waals surface area contributed by atoms with Crippen LogP contribution < -0.4 is 5.32 Å². The Kier molecular flexibility index (Phi) is 4.86. The molecule has 0 atom stereocenters. The molecule has 0 bridgehead atoms. The number of rotatable bonds is 4. The van der Waals surface area contributed by atoms with Crippen LogP contribution in [0, 0.1) is 0 Å². The first-order chi connectivity index (χ1) is 11.2. The SMILES string of the molecule is COC(=O)/C=C/CNC(=O)c1cnc2c(c1)c(C(F)(F)F)nn2C. The van der Waals surface area contributed by atoms with Crippen LogP contribution in [-0.2, 0) is 22.8 Å². The summed E-state index contributed by atoms with van der Waals surface area (Å²) in [6, 6.07) is 1.08. The number of halogens is 3. The summed E-state index contributed by atoms with van der Waals surface area (Å²) in [7, 11) is 2.54. The highest BCUT2D eigenvalue weighted by atomic mass is 19.4. The number of aryl methyl sites for hydroxylation is 1. The Morgan fingerprint density at radius 2 is 2.12 bits per heavy atom. The number of esters is 1. The molecule has 0 saturated heterocycles. The van der Waals surface area contributed by atoms with Gasteiger partial charge in [0.1, 0.15) is 0 Å². The van der Waals surface area contributed by atoms with Crippen LogP contribution in [0.3, 0.4) is 0 Å². The number of hydrogen-bond acceptors (Lipinski definition) is 5. The lowest BCUT2D eigenvalue weighted by Gasteiger charge is -2.04. The van der Waals surface area contributed by atoms with Gasteiger partial charge in [0, 0.05) is 25.9 Å². The Balaban J connectivity index is 2.22. The number of methoxy groups -OCH3 is 1. The molecule has 2 heterocycles. The topological polar surface area (TPSA) is 86.1 Å². The second kappa shape index (κ2) is 6.69. The van der Waals surface area contributed by atoms with Gasteiger partial charge in [-0.05, 0) is 6.07 Å². The highest BCUT2D eigenvalue weighted by Gasteiger charge is 2.37. The van der Waals surface area contributed by atoms with E-state index >= 15 is 0 Å². The quantitative estimate of drug-likeness (QED) is 0.671. The van der Waals surface area contributed by atoms with Gasteiger partial charge in [-0.3, -0.25) is 4.79 Å². The van der Waals surface area contributed by atoms with E-state index in [4.69, 9.17) is 0 Å². The number of nitrogens with zero attached hydrogens (tertiary/aromatic N) is 3. The maximum absolute atomic E-state index is 13.0. The van der Waals surface area contributed by atoms with Crippen molar-refractivity contribution in [3.63, 3.8) is 0 Å². The average Bonchev–Trinajstić information content (AvgIpc) is 2.87. The normalized spacial score (nSPS) is 11.9. The van der Waals surface area contributed by atoms with E-state index in [0.717, 1.165) is 23.0 Å². The van der Waals surface area contributed by atoms with Crippen molar-refractivity contribution in [3.05, 3.63) is 35.7 Å². The van der Waals surface area contributed by atoms with Crippen molar-refractivity contribution in [2.24, 2.45) is 7.05 Å². The first-order valence-electron chi connectivity index (χ1n) is 6.66. The molecule has 24 heavy (non-hydrogen) atoms. The number of hydrogen-bond donors (Lipinski definition) is 1. The predicted octanol–water partition coefficient (Wildman–Crippen LogP) is 1.45. The van der Waals surface area contributed by atoms with Gasteiger partial charge in [-0.1, -0.05) is 6.08 Å². The largest absolute Gasteiger partial charge is 0.466 e.